The molecule has 0 bridgehead atoms. The summed E-state index contributed by atoms with van der Waals surface area (Å²) >= 11 is 0. The minimum atomic E-state index is -0.169. The second-order valence-electron chi connectivity index (χ2n) is 6.65. The van der Waals surface area contributed by atoms with Crippen LogP contribution in [0.2, 0.25) is 0 Å². The van der Waals surface area contributed by atoms with Crippen molar-refractivity contribution < 1.29 is 9.59 Å². The summed E-state index contributed by atoms with van der Waals surface area (Å²) in [6, 6.07) is 27.2. The number of benzene rings is 3. The summed E-state index contributed by atoms with van der Waals surface area (Å²) in [6.45, 7) is 2.26. The smallest absolute Gasteiger partial charge is 0.251 e. The van der Waals surface area contributed by atoms with Crippen LogP contribution >= 0.6 is 0 Å². The van der Waals surface area contributed by atoms with E-state index in [1.807, 2.05) is 55.5 Å². The highest BCUT2D eigenvalue weighted by Crippen LogP contribution is 2.21. The standard InChI is InChI=1S/C24H24N2O2/c1-18(19-12-14-21(15-13-19)20-8-4-2-5-9-20)26-23(27)16-17-25-24(28)22-10-6-3-7-11-22/h2-15,18H,16-17H2,1H3,(H,25,28)(H,26,27). The van der Waals surface area contributed by atoms with Gasteiger partial charge in [0.15, 0.2) is 0 Å². The first-order chi connectivity index (χ1) is 13.6. The van der Waals surface area contributed by atoms with E-state index in [0.717, 1.165) is 11.1 Å². The molecular weight excluding hydrogens is 348 g/mol. The molecule has 1 atom stereocenters. The van der Waals surface area contributed by atoms with Gasteiger partial charge in [0, 0.05) is 18.5 Å². The molecule has 4 heteroatoms. The van der Waals surface area contributed by atoms with Crippen molar-refractivity contribution in [1.82, 2.24) is 10.6 Å². The Bertz CT molecular complexity index is 906. The molecule has 142 valence electrons. The molecule has 0 aliphatic carbocycles. The lowest BCUT2D eigenvalue weighted by Gasteiger charge is -2.15. The number of hydrogen-bond donors (Lipinski definition) is 2. The summed E-state index contributed by atoms with van der Waals surface area (Å²) in [5.41, 5.74) is 3.95. The highest BCUT2D eigenvalue weighted by Gasteiger charge is 2.11. The molecule has 0 spiro atoms. The maximum atomic E-state index is 12.2. The zero-order chi connectivity index (χ0) is 19.8. The predicted octanol–water partition coefficient (Wildman–Crippen LogP) is 4.35. The fourth-order valence-electron chi connectivity index (χ4n) is 2.97. The van der Waals surface area contributed by atoms with Gasteiger partial charge in [0.05, 0.1) is 6.04 Å². The summed E-state index contributed by atoms with van der Waals surface area (Å²) in [7, 11) is 0. The van der Waals surface area contributed by atoms with E-state index in [-0.39, 0.29) is 24.3 Å². The molecule has 0 saturated carbocycles. The molecule has 3 aromatic carbocycles. The van der Waals surface area contributed by atoms with Gasteiger partial charge < -0.3 is 10.6 Å². The number of amides is 2. The number of rotatable bonds is 7. The Balaban J connectivity index is 1.47. The molecule has 0 fully saturated rings. The monoisotopic (exact) mass is 372 g/mol. The summed E-state index contributed by atoms with van der Waals surface area (Å²) in [6.07, 6.45) is 0.241. The van der Waals surface area contributed by atoms with E-state index in [0.29, 0.717) is 12.1 Å². The van der Waals surface area contributed by atoms with E-state index in [9.17, 15) is 9.59 Å². The minimum Gasteiger partial charge on any atom is -0.352 e. The van der Waals surface area contributed by atoms with Crippen molar-refractivity contribution in [3.05, 3.63) is 96.1 Å². The van der Waals surface area contributed by atoms with Gasteiger partial charge in [-0.1, -0.05) is 72.8 Å². The average molecular weight is 372 g/mol. The molecule has 2 N–H and O–H groups in total. The van der Waals surface area contributed by atoms with Crippen molar-refractivity contribution in [2.24, 2.45) is 0 Å². The van der Waals surface area contributed by atoms with Crippen molar-refractivity contribution in [3.8, 4) is 11.1 Å². The molecule has 0 aliphatic heterocycles. The summed E-state index contributed by atoms with van der Waals surface area (Å²) in [4.78, 5) is 24.1. The molecule has 0 radical (unpaired) electrons. The second kappa shape index (κ2) is 9.51. The largest absolute Gasteiger partial charge is 0.352 e. The van der Waals surface area contributed by atoms with Crippen molar-refractivity contribution in [2.45, 2.75) is 19.4 Å². The zero-order valence-corrected chi connectivity index (χ0v) is 15.9. The van der Waals surface area contributed by atoms with Crippen LogP contribution in [0.5, 0.6) is 0 Å². The van der Waals surface area contributed by atoms with Crippen LogP contribution in [0.1, 0.15) is 35.3 Å². The van der Waals surface area contributed by atoms with Crippen LogP contribution in [0.4, 0.5) is 0 Å². The third kappa shape index (κ3) is 5.30. The van der Waals surface area contributed by atoms with E-state index in [1.54, 1.807) is 12.1 Å². The molecule has 3 rings (SSSR count). The van der Waals surface area contributed by atoms with Gasteiger partial charge in [0.2, 0.25) is 5.91 Å². The number of carbonyl (C=O) groups is 2. The Hall–Kier alpha value is -3.40. The Morgan fingerprint density at radius 3 is 2.00 bits per heavy atom. The van der Waals surface area contributed by atoms with Crippen LogP contribution in [-0.4, -0.2) is 18.4 Å². The van der Waals surface area contributed by atoms with E-state index in [4.69, 9.17) is 0 Å². The molecule has 1 unspecified atom stereocenters. The maximum absolute atomic E-state index is 12.2. The van der Waals surface area contributed by atoms with Crippen LogP contribution < -0.4 is 10.6 Å². The number of hydrogen-bond acceptors (Lipinski definition) is 2. The summed E-state index contributed by atoms with van der Waals surface area (Å²) < 4.78 is 0. The predicted molar refractivity (Wildman–Crippen MR) is 112 cm³/mol. The van der Waals surface area contributed by atoms with Crippen molar-refractivity contribution in [3.63, 3.8) is 0 Å². The highest BCUT2D eigenvalue weighted by atomic mass is 16.2. The molecule has 0 heterocycles. The van der Waals surface area contributed by atoms with E-state index in [2.05, 4.69) is 34.9 Å². The molecule has 3 aromatic rings. The van der Waals surface area contributed by atoms with Crippen LogP contribution in [0.15, 0.2) is 84.9 Å². The second-order valence-corrected chi connectivity index (χ2v) is 6.65. The minimum absolute atomic E-state index is 0.0898. The third-order valence-corrected chi connectivity index (χ3v) is 4.57. The normalized spacial score (nSPS) is 11.5. The Kier molecular flexibility index (Phi) is 6.58. The Labute approximate surface area is 165 Å². The SMILES string of the molecule is CC(NC(=O)CCNC(=O)c1ccccc1)c1ccc(-c2ccccc2)cc1. The first kappa shape index (κ1) is 19.4. The molecule has 0 saturated heterocycles. The molecule has 0 aliphatic rings. The van der Waals surface area contributed by atoms with Gasteiger partial charge in [-0.2, -0.15) is 0 Å². The fourth-order valence-corrected chi connectivity index (χ4v) is 2.97. The van der Waals surface area contributed by atoms with E-state index in [1.165, 1.54) is 5.56 Å². The van der Waals surface area contributed by atoms with Crippen LogP contribution in [0.25, 0.3) is 11.1 Å². The first-order valence-corrected chi connectivity index (χ1v) is 9.41. The molecule has 28 heavy (non-hydrogen) atoms. The topological polar surface area (TPSA) is 58.2 Å². The molecule has 4 nitrogen and oxygen atoms in total. The van der Waals surface area contributed by atoms with E-state index >= 15 is 0 Å². The quantitative estimate of drug-likeness (QED) is 0.648. The molecule has 0 aromatic heterocycles. The van der Waals surface area contributed by atoms with Gasteiger partial charge in [-0.05, 0) is 35.7 Å². The lowest BCUT2D eigenvalue weighted by atomic mass is 10.0. The first-order valence-electron chi connectivity index (χ1n) is 9.41. The van der Waals surface area contributed by atoms with Crippen LogP contribution in [0, 0.1) is 0 Å². The average Bonchev–Trinajstić information content (AvgIpc) is 2.75. The van der Waals surface area contributed by atoms with E-state index < -0.39 is 0 Å². The Morgan fingerprint density at radius 2 is 1.36 bits per heavy atom. The van der Waals surface area contributed by atoms with Gasteiger partial charge in [0.25, 0.3) is 5.91 Å². The lowest BCUT2D eigenvalue weighted by Crippen LogP contribution is -2.32. The van der Waals surface area contributed by atoms with Crippen molar-refractivity contribution in [2.75, 3.05) is 6.54 Å². The van der Waals surface area contributed by atoms with Gasteiger partial charge >= 0.3 is 0 Å². The summed E-state index contributed by atoms with van der Waals surface area (Å²) in [5, 5.41) is 5.75. The maximum Gasteiger partial charge on any atom is 0.251 e. The van der Waals surface area contributed by atoms with Crippen LogP contribution in [0.3, 0.4) is 0 Å². The van der Waals surface area contributed by atoms with Crippen LogP contribution in [-0.2, 0) is 4.79 Å². The van der Waals surface area contributed by atoms with Crippen molar-refractivity contribution >= 4 is 11.8 Å². The number of carbonyl (C=O) groups excluding carboxylic acids is 2. The van der Waals surface area contributed by atoms with Gasteiger partial charge in [-0.3, -0.25) is 9.59 Å². The van der Waals surface area contributed by atoms with Gasteiger partial charge in [-0.15, -0.1) is 0 Å². The fraction of sp³-hybridized carbons (Fsp3) is 0.167. The summed E-state index contributed by atoms with van der Waals surface area (Å²) in [5.74, 6) is -0.258. The number of nitrogens with one attached hydrogen (secondary N) is 2. The zero-order valence-electron chi connectivity index (χ0n) is 15.9. The van der Waals surface area contributed by atoms with Gasteiger partial charge in [-0.25, -0.2) is 0 Å². The molecular formula is C24H24N2O2. The van der Waals surface area contributed by atoms with Gasteiger partial charge in [0.1, 0.15) is 0 Å². The highest BCUT2D eigenvalue weighted by molar-refractivity contribution is 5.94. The lowest BCUT2D eigenvalue weighted by molar-refractivity contribution is -0.121. The Morgan fingerprint density at radius 1 is 0.786 bits per heavy atom. The third-order valence-electron chi connectivity index (χ3n) is 4.57. The van der Waals surface area contributed by atoms with Crippen molar-refractivity contribution in [1.29, 1.82) is 0 Å². The molecule has 2 amide bonds.